The molecule has 5 heteroatoms. The Morgan fingerprint density at radius 2 is 2.15 bits per heavy atom. The van der Waals surface area contributed by atoms with Gasteiger partial charge in [-0.05, 0) is 31.7 Å². The summed E-state index contributed by atoms with van der Waals surface area (Å²) < 4.78 is 1.55. The number of nitrogens with zero attached hydrogens (tertiary/aromatic N) is 3. The molecule has 100 valence electrons. The molecule has 0 saturated carbocycles. The second kappa shape index (κ2) is 4.30. The van der Waals surface area contributed by atoms with Crippen molar-refractivity contribution < 1.29 is 0 Å². The van der Waals surface area contributed by atoms with Crippen molar-refractivity contribution >= 4 is 5.65 Å². The van der Waals surface area contributed by atoms with Gasteiger partial charge >= 0.3 is 0 Å². The third-order valence-electron chi connectivity index (χ3n) is 3.90. The van der Waals surface area contributed by atoms with Crippen molar-refractivity contribution in [2.75, 3.05) is 0 Å². The molecular weight excluding hydrogens is 252 g/mol. The van der Waals surface area contributed by atoms with E-state index in [1.54, 1.807) is 16.9 Å². The lowest BCUT2D eigenvalue weighted by atomic mass is 9.97. The van der Waals surface area contributed by atoms with Gasteiger partial charge in [0.25, 0.3) is 5.56 Å². The van der Waals surface area contributed by atoms with Gasteiger partial charge in [-0.1, -0.05) is 6.07 Å². The molecule has 3 aromatic rings. The molecule has 0 spiro atoms. The van der Waals surface area contributed by atoms with Crippen LogP contribution in [0.25, 0.3) is 16.8 Å². The van der Waals surface area contributed by atoms with Gasteiger partial charge in [0.15, 0.2) is 5.65 Å². The van der Waals surface area contributed by atoms with Crippen molar-refractivity contribution in [3.8, 4) is 11.1 Å². The summed E-state index contributed by atoms with van der Waals surface area (Å²) in [7, 11) is 0. The molecule has 4 rings (SSSR count). The summed E-state index contributed by atoms with van der Waals surface area (Å²) in [4.78, 5) is 21.3. The van der Waals surface area contributed by atoms with Crippen LogP contribution in [-0.4, -0.2) is 19.6 Å². The summed E-state index contributed by atoms with van der Waals surface area (Å²) in [6.07, 6.45) is 9.28. The predicted octanol–water partition coefficient (Wildman–Crippen LogP) is 1.96. The van der Waals surface area contributed by atoms with Crippen LogP contribution < -0.4 is 5.56 Å². The number of aryl methyl sites for hydroxylation is 1. The van der Waals surface area contributed by atoms with Gasteiger partial charge in [-0.3, -0.25) is 14.9 Å². The fraction of sp³-hybridized carbons (Fsp3) is 0.267. The van der Waals surface area contributed by atoms with Crippen molar-refractivity contribution in [3.05, 3.63) is 52.3 Å². The van der Waals surface area contributed by atoms with Crippen molar-refractivity contribution in [1.82, 2.24) is 19.6 Å². The summed E-state index contributed by atoms with van der Waals surface area (Å²) in [5.74, 6) is 0. The molecule has 20 heavy (non-hydrogen) atoms. The highest BCUT2D eigenvalue weighted by molar-refractivity contribution is 5.76. The standard InChI is InChI=1S/C15H14N4O/c20-15-11-5-1-2-6-13(11)18-14-12(9-17-19(14)15)10-4-3-7-16-8-10/h3-4,7-9,17H,1-2,5-6H2. The van der Waals surface area contributed by atoms with E-state index in [-0.39, 0.29) is 5.56 Å². The van der Waals surface area contributed by atoms with Crippen LogP contribution >= 0.6 is 0 Å². The molecule has 3 heterocycles. The Morgan fingerprint density at radius 1 is 1.25 bits per heavy atom. The Bertz CT molecular complexity index is 832. The van der Waals surface area contributed by atoms with E-state index in [0.717, 1.165) is 48.1 Å². The molecule has 0 atom stereocenters. The molecule has 0 aliphatic heterocycles. The highest BCUT2D eigenvalue weighted by Crippen LogP contribution is 2.24. The first-order valence-corrected chi connectivity index (χ1v) is 6.87. The van der Waals surface area contributed by atoms with Crippen molar-refractivity contribution in [1.29, 1.82) is 0 Å². The van der Waals surface area contributed by atoms with E-state index in [4.69, 9.17) is 4.98 Å². The first kappa shape index (κ1) is 11.4. The highest BCUT2D eigenvalue weighted by atomic mass is 16.1. The molecule has 0 amide bonds. The fourth-order valence-electron chi connectivity index (χ4n) is 2.88. The van der Waals surface area contributed by atoms with Crippen LogP contribution in [0, 0.1) is 0 Å². The quantitative estimate of drug-likeness (QED) is 0.732. The largest absolute Gasteiger partial charge is 0.296 e. The van der Waals surface area contributed by atoms with Crippen LogP contribution in [0.5, 0.6) is 0 Å². The van der Waals surface area contributed by atoms with Gasteiger partial charge in [0.1, 0.15) is 0 Å². The minimum atomic E-state index is 0.0415. The molecule has 1 N–H and O–H groups in total. The number of rotatable bonds is 1. The van der Waals surface area contributed by atoms with Gasteiger partial charge < -0.3 is 0 Å². The fourth-order valence-corrected chi connectivity index (χ4v) is 2.88. The van der Waals surface area contributed by atoms with Gasteiger partial charge in [0, 0.05) is 35.3 Å². The van der Waals surface area contributed by atoms with E-state index in [0.29, 0.717) is 5.65 Å². The minimum absolute atomic E-state index is 0.0415. The van der Waals surface area contributed by atoms with E-state index in [2.05, 4.69) is 10.1 Å². The monoisotopic (exact) mass is 266 g/mol. The van der Waals surface area contributed by atoms with Gasteiger partial charge in [0.05, 0.1) is 5.69 Å². The topological polar surface area (TPSA) is 63.0 Å². The normalized spacial score (nSPS) is 14.4. The maximum absolute atomic E-state index is 12.5. The average molecular weight is 266 g/mol. The molecule has 3 aromatic heterocycles. The zero-order valence-corrected chi connectivity index (χ0v) is 11.0. The molecule has 0 fully saturated rings. The second-order valence-corrected chi connectivity index (χ2v) is 5.14. The Hall–Kier alpha value is -2.43. The second-order valence-electron chi connectivity index (χ2n) is 5.14. The predicted molar refractivity (Wildman–Crippen MR) is 75.7 cm³/mol. The zero-order chi connectivity index (χ0) is 13.5. The SMILES string of the molecule is O=c1c2c(nc3c(-c4cccnc4)c[nH]n13)CCCC2. The zero-order valence-electron chi connectivity index (χ0n) is 11.0. The smallest absolute Gasteiger partial charge is 0.276 e. The summed E-state index contributed by atoms with van der Waals surface area (Å²) >= 11 is 0. The Morgan fingerprint density at radius 3 is 3.00 bits per heavy atom. The van der Waals surface area contributed by atoms with E-state index in [1.807, 2.05) is 18.3 Å². The lowest BCUT2D eigenvalue weighted by Gasteiger charge is -2.13. The number of aromatic amines is 1. The molecule has 0 saturated heterocycles. The van der Waals surface area contributed by atoms with Crippen molar-refractivity contribution in [2.24, 2.45) is 0 Å². The number of fused-ring (bicyclic) bond motifs is 2. The number of hydrogen-bond donors (Lipinski definition) is 1. The van der Waals surface area contributed by atoms with Gasteiger partial charge in [0.2, 0.25) is 0 Å². The van der Waals surface area contributed by atoms with E-state index in [9.17, 15) is 4.79 Å². The van der Waals surface area contributed by atoms with Gasteiger partial charge in [-0.2, -0.15) is 0 Å². The molecule has 0 radical (unpaired) electrons. The van der Waals surface area contributed by atoms with Crippen LogP contribution in [0.4, 0.5) is 0 Å². The number of hydrogen-bond acceptors (Lipinski definition) is 3. The van der Waals surface area contributed by atoms with Crippen molar-refractivity contribution in [2.45, 2.75) is 25.7 Å². The average Bonchev–Trinajstić information content (AvgIpc) is 2.92. The molecule has 1 aliphatic rings. The van der Waals surface area contributed by atoms with Crippen LogP contribution in [0.3, 0.4) is 0 Å². The Labute approximate surface area is 115 Å². The number of nitrogens with one attached hydrogen (secondary N) is 1. The molecule has 5 nitrogen and oxygen atoms in total. The van der Waals surface area contributed by atoms with Gasteiger partial charge in [-0.25, -0.2) is 9.50 Å². The highest BCUT2D eigenvalue weighted by Gasteiger charge is 2.19. The minimum Gasteiger partial charge on any atom is -0.296 e. The van der Waals surface area contributed by atoms with E-state index in [1.165, 1.54) is 0 Å². The van der Waals surface area contributed by atoms with Crippen LogP contribution in [-0.2, 0) is 12.8 Å². The van der Waals surface area contributed by atoms with Crippen LogP contribution in [0.15, 0.2) is 35.5 Å². The molecular formula is C15H14N4O. The maximum atomic E-state index is 12.5. The summed E-state index contributed by atoms with van der Waals surface area (Å²) in [6, 6.07) is 3.86. The first-order valence-electron chi connectivity index (χ1n) is 6.87. The van der Waals surface area contributed by atoms with Crippen LogP contribution in [0.1, 0.15) is 24.1 Å². The summed E-state index contributed by atoms with van der Waals surface area (Å²) in [6.45, 7) is 0. The Balaban J connectivity index is 2.02. The molecule has 0 bridgehead atoms. The Kier molecular flexibility index (Phi) is 2.45. The maximum Gasteiger partial charge on any atom is 0.276 e. The number of pyridine rings is 1. The summed E-state index contributed by atoms with van der Waals surface area (Å²) in [5, 5.41) is 3.02. The molecule has 0 unspecified atom stereocenters. The summed E-state index contributed by atoms with van der Waals surface area (Å²) in [5.41, 5.74) is 4.46. The van der Waals surface area contributed by atoms with Gasteiger partial charge in [-0.15, -0.1) is 0 Å². The van der Waals surface area contributed by atoms with Crippen LogP contribution in [0.2, 0.25) is 0 Å². The van der Waals surface area contributed by atoms with E-state index >= 15 is 0 Å². The first-order chi connectivity index (χ1) is 9.84. The van der Waals surface area contributed by atoms with E-state index < -0.39 is 0 Å². The third-order valence-corrected chi connectivity index (χ3v) is 3.90. The third kappa shape index (κ3) is 1.59. The molecule has 1 aliphatic carbocycles. The lowest BCUT2D eigenvalue weighted by Crippen LogP contribution is -2.24. The number of H-pyrrole nitrogens is 1. The lowest BCUT2D eigenvalue weighted by molar-refractivity contribution is 0.651. The number of aromatic nitrogens is 4. The molecule has 0 aromatic carbocycles. The van der Waals surface area contributed by atoms with Crippen molar-refractivity contribution in [3.63, 3.8) is 0 Å².